The third kappa shape index (κ3) is 2.52. The highest BCUT2D eigenvalue weighted by molar-refractivity contribution is 5.82. The molecule has 21 heavy (non-hydrogen) atoms. The fourth-order valence-corrected chi connectivity index (χ4v) is 3.52. The lowest BCUT2D eigenvalue weighted by Crippen LogP contribution is -2.45. The molecule has 2 heterocycles. The zero-order valence-corrected chi connectivity index (χ0v) is 12.1. The molecule has 2 aliphatic heterocycles. The van der Waals surface area contributed by atoms with Crippen molar-refractivity contribution in [2.24, 2.45) is 5.92 Å². The van der Waals surface area contributed by atoms with Crippen LogP contribution in [-0.2, 0) is 11.3 Å². The van der Waals surface area contributed by atoms with Crippen molar-refractivity contribution in [2.75, 3.05) is 20.1 Å². The normalized spacial score (nSPS) is 25.8. The van der Waals surface area contributed by atoms with E-state index in [2.05, 4.69) is 11.0 Å². The van der Waals surface area contributed by atoms with E-state index in [1.807, 2.05) is 7.05 Å². The molecule has 3 rings (SSSR count). The lowest BCUT2D eigenvalue weighted by Gasteiger charge is -2.36. The maximum atomic E-state index is 13.2. The van der Waals surface area contributed by atoms with Crippen LogP contribution in [-0.4, -0.2) is 41.9 Å². The van der Waals surface area contributed by atoms with E-state index in [1.165, 1.54) is 12.1 Å². The van der Waals surface area contributed by atoms with Crippen LogP contribution < -0.4 is 0 Å². The van der Waals surface area contributed by atoms with Crippen LogP contribution in [0.5, 0.6) is 0 Å². The van der Waals surface area contributed by atoms with Crippen molar-refractivity contribution in [3.63, 3.8) is 0 Å². The van der Waals surface area contributed by atoms with Gasteiger partial charge in [-0.1, -0.05) is 6.07 Å². The molecular formula is C16H18FN3O. The summed E-state index contributed by atoms with van der Waals surface area (Å²) in [5, 5.41) is 9.15. The Hall–Kier alpha value is -1.93. The molecule has 2 fully saturated rings. The van der Waals surface area contributed by atoms with Gasteiger partial charge >= 0.3 is 0 Å². The Kier molecular flexibility index (Phi) is 3.64. The molecule has 1 aromatic carbocycles. The molecule has 0 saturated carbocycles. The summed E-state index contributed by atoms with van der Waals surface area (Å²) in [6.45, 7) is 2.27. The largest absolute Gasteiger partial charge is 0.344 e. The summed E-state index contributed by atoms with van der Waals surface area (Å²) in [6.07, 6.45) is 1.93. The lowest BCUT2D eigenvalue weighted by molar-refractivity contribution is -0.130. The molecule has 0 bridgehead atoms. The molecule has 1 amide bonds. The molecule has 2 saturated heterocycles. The van der Waals surface area contributed by atoms with Crippen LogP contribution in [0.25, 0.3) is 0 Å². The first-order valence-electron chi connectivity index (χ1n) is 7.27. The molecule has 0 spiro atoms. The average molecular weight is 287 g/mol. The van der Waals surface area contributed by atoms with Gasteiger partial charge < -0.3 is 4.90 Å². The molecule has 2 aliphatic rings. The second kappa shape index (κ2) is 5.45. The summed E-state index contributed by atoms with van der Waals surface area (Å²) in [5.41, 5.74) is 1.22. The third-order valence-corrected chi connectivity index (χ3v) is 4.61. The van der Waals surface area contributed by atoms with Gasteiger partial charge in [-0.2, -0.15) is 5.26 Å². The molecule has 4 nitrogen and oxygen atoms in total. The highest BCUT2D eigenvalue weighted by Gasteiger charge is 2.43. The summed E-state index contributed by atoms with van der Waals surface area (Å²) in [7, 11) is 1.84. The number of nitrogens with zero attached hydrogens (tertiary/aromatic N) is 3. The Bertz CT molecular complexity index is 610. The Labute approximate surface area is 123 Å². The number of likely N-dealkylation sites (tertiary alicyclic amines) is 2. The maximum Gasteiger partial charge on any atom is 0.227 e. The van der Waals surface area contributed by atoms with Crippen molar-refractivity contribution in [1.29, 1.82) is 5.26 Å². The summed E-state index contributed by atoms with van der Waals surface area (Å²) in [5.74, 6) is -0.0818. The summed E-state index contributed by atoms with van der Waals surface area (Å²) in [4.78, 5) is 16.2. The highest BCUT2D eigenvalue weighted by atomic mass is 19.1. The average Bonchev–Trinajstić information content (AvgIpc) is 2.77. The quantitative estimate of drug-likeness (QED) is 0.832. The number of hydrogen-bond acceptors (Lipinski definition) is 3. The highest BCUT2D eigenvalue weighted by Crippen LogP contribution is 2.32. The number of amides is 1. The fraction of sp³-hybridized carbons (Fsp3) is 0.500. The standard InChI is InChI=1S/C16H18FN3O/c1-19-10-15-14(16(19)21)3-2-6-20(15)9-11-4-5-13(17)7-12(11)8-18/h4-5,7,14-15H,2-3,6,9-10H2,1H3/t14-,15-/m1/s1. The van der Waals surface area contributed by atoms with Gasteiger partial charge in [-0.25, -0.2) is 4.39 Å². The van der Waals surface area contributed by atoms with E-state index in [4.69, 9.17) is 5.26 Å². The Morgan fingerprint density at radius 2 is 2.29 bits per heavy atom. The van der Waals surface area contributed by atoms with Crippen LogP contribution in [0.2, 0.25) is 0 Å². The molecular weight excluding hydrogens is 269 g/mol. The zero-order valence-electron chi connectivity index (χ0n) is 12.1. The summed E-state index contributed by atoms with van der Waals surface area (Å²) < 4.78 is 13.2. The fourth-order valence-electron chi connectivity index (χ4n) is 3.52. The van der Waals surface area contributed by atoms with Gasteiger partial charge in [0.15, 0.2) is 0 Å². The number of carbonyl (C=O) groups is 1. The third-order valence-electron chi connectivity index (χ3n) is 4.61. The van der Waals surface area contributed by atoms with Crippen LogP contribution in [0.4, 0.5) is 4.39 Å². The van der Waals surface area contributed by atoms with Crippen molar-refractivity contribution < 1.29 is 9.18 Å². The van der Waals surface area contributed by atoms with E-state index in [9.17, 15) is 9.18 Å². The second-order valence-electron chi connectivity index (χ2n) is 5.92. The topological polar surface area (TPSA) is 47.3 Å². The smallest absolute Gasteiger partial charge is 0.227 e. The van der Waals surface area contributed by atoms with Gasteiger partial charge in [0.2, 0.25) is 5.91 Å². The first-order chi connectivity index (χ1) is 10.1. The van der Waals surface area contributed by atoms with Crippen LogP contribution in [0, 0.1) is 23.1 Å². The molecule has 1 aromatic rings. The minimum Gasteiger partial charge on any atom is -0.344 e. The SMILES string of the molecule is CN1C[C@@H]2[C@@H](CCCN2Cc2ccc(F)cc2C#N)C1=O. The molecule has 2 atom stereocenters. The summed E-state index contributed by atoms with van der Waals surface area (Å²) >= 11 is 0. The van der Waals surface area contributed by atoms with Gasteiger partial charge in [0.1, 0.15) is 5.82 Å². The molecule has 0 aromatic heterocycles. The minimum atomic E-state index is -0.386. The first kappa shape index (κ1) is 14.0. The van der Waals surface area contributed by atoms with E-state index in [1.54, 1.807) is 11.0 Å². The van der Waals surface area contributed by atoms with Crippen LogP contribution >= 0.6 is 0 Å². The van der Waals surface area contributed by atoms with E-state index in [0.717, 1.165) is 31.5 Å². The molecule has 0 unspecified atom stereocenters. The molecule has 5 heteroatoms. The van der Waals surface area contributed by atoms with Crippen molar-refractivity contribution in [3.8, 4) is 6.07 Å². The summed E-state index contributed by atoms with van der Waals surface area (Å²) in [6, 6.07) is 6.63. The van der Waals surface area contributed by atoms with Crippen LogP contribution in [0.1, 0.15) is 24.0 Å². The number of benzene rings is 1. The Balaban J connectivity index is 1.82. The van der Waals surface area contributed by atoms with E-state index in [-0.39, 0.29) is 23.7 Å². The number of fused-ring (bicyclic) bond motifs is 1. The first-order valence-corrected chi connectivity index (χ1v) is 7.27. The van der Waals surface area contributed by atoms with E-state index in [0.29, 0.717) is 12.1 Å². The molecule has 0 radical (unpaired) electrons. The van der Waals surface area contributed by atoms with Gasteiger partial charge in [0, 0.05) is 26.2 Å². The van der Waals surface area contributed by atoms with Crippen LogP contribution in [0.15, 0.2) is 18.2 Å². The van der Waals surface area contributed by atoms with Gasteiger partial charge in [-0.05, 0) is 37.1 Å². The number of rotatable bonds is 2. The van der Waals surface area contributed by atoms with Gasteiger partial charge in [0.05, 0.1) is 17.6 Å². The molecule has 110 valence electrons. The predicted molar refractivity (Wildman–Crippen MR) is 75.7 cm³/mol. The van der Waals surface area contributed by atoms with Crippen molar-refractivity contribution >= 4 is 5.91 Å². The van der Waals surface area contributed by atoms with Crippen molar-refractivity contribution in [3.05, 3.63) is 35.1 Å². The number of nitriles is 1. The molecule has 0 aliphatic carbocycles. The van der Waals surface area contributed by atoms with Crippen molar-refractivity contribution in [2.45, 2.75) is 25.4 Å². The maximum absolute atomic E-state index is 13.2. The van der Waals surface area contributed by atoms with Crippen LogP contribution in [0.3, 0.4) is 0 Å². The lowest BCUT2D eigenvalue weighted by atomic mass is 9.91. The predicted octanol–water partition coefficient (Wildman–Crippen LogP) is 1.75. The van der Waals surface area contributed by atoms with Crippen molar-refractivity contribution in [1.82, 2.24) is 9.80 Å². The monoisotopic (exact) mass is 287 g/mol. The van der Waals surface area contributed by atoms with Gasteiger partial charge in [-0.15, -0.1) is 0 Å². The number of hydrogen-bond donors (Lipinski definition) is 0. The minimum absolute atomic E-state index is 0.0785. The Morgan fingerprint density at radius 1 is 1.48 bits per heavy atom. The number of piperidine rings is 1. The number of halogens is 1. The van der Waals surface area contributed by atoms with Gasteiger partial charge in [-0.3, -0.25) is 9.69 Å². The van der Waals surface area contributed by atoms with E-state index >= 15 is 0 Å². The number of carbonyl (C=O) groups excluding carboxylic acids is 1. The zero-order chi connectivity index (χ0) is 15.0. The number of likely N-dealkylation sites (N-methyl/N-ethyl adjacent to an activating group) is 1. The second-order valence-corrected chi connectivity index (χ2v) is 5.92. The molecule has 0 N–H and O–H groups in total. The van der Waals surface area contributed by atoms with Gasteiger partial charge in [0.25, 0.3) is 0 Å². The van der Waals surface area contributed by atoms with E-state index < -0.39 is 0 Å². The Morgan fingerprint density at radius 3 is 3.05 bits per heavy atom.